The van der Waals surface area contributed by atoms with Gasteiger partial charge in [0, 0.05) is 139 Å². The number of nitrogens with zero attached hydrogens (tertiary/aromatic N) is 6. The van der Waals surface area contributed by atoms with Crippen molar-refractivity contribution < 1.29 is 35.4 Å². The van der Waals surface area contributed by atoms with Gasteiger partial charge in [-0.3, -0.25) is 0 Å². The van der Waals surface area contributed by atoms with Crippen molar-refractivity contribution in [3.8, 4) is 107 Å². The molecule has 19 aromatic carbocycles. The number of hydrogen-bond acceptors (Lipinski definition) is 7. The van der Waals surface area contributed by atoms with E-state index in [0.717, 1.165) is 216 Å². The Kier molecular flexibility index (Phi) is 24.6. The van der Waals surface area contributed by atoms with Crippen LogP contribution in [0.1, 0.15) is 23.6 Å². The zero-order valence-corrected chi connectivity index (χ0v) is 78.4. The molecule has 0 saturated heterocycles. The minimum Gasteiger partial charge on any atom is -0.507 e. The minimum absolute atomic E-state index is 0.310. The molecule has 6 aromatic heterocycles. The Balaban J connectivity index is 0.000000103. The molecule has 6 heterocycles. The predicted molar refractivity (Wildman–Crippen MR) is 580 cm³/mol. The van der Waals surface area contributed by atoms with Crippen LogP contribution < -0.4 is 4.74 Å². The van der Waals surface area contributed by atoms with Gasteiger partial charge in [-0.25, -0.2) is 0 Å². The van der Waals surface area contributed by atoms with E-state index in [2.05, 4.69) is 260 Å². The van der Waals surface area contributed by atoms with Gasteiger partial charge in [-0.05, 0) is 213 Å². The molecule has 0 aliphatic heterocycles. The molecule has 0 unspecified atom stereocenters. The van der Waals surface area contributed by atoms with Gasteiger partial charge in [0.1, 0.15) is 40.2 Å². The Hall–Kier alpha value is -17.7. The third kappa shape index (κ3) is 17.2. The number of benzene rings is 19. The van der Waals surface area contributed by atoms with E-state index in [-0.39, 0.29) is 0 Å². The molecule has 13 heteroatoms. The van der Waals surface area contributed by atoms with Crippen molar-refractivity contribution >= 4 is 131 Å². The van der Waals surface area contributed by atoms with Crippen molar-refractivity contribution in [1.29, 1.82) is 0 Å². The lowest BCUT2D eigenvalue weighted by molar-refractivity contribution is 0.415. The standard InChI is InChI=1S/C25H19NO.C21H19NO.C21H17NO.C20H17NO2.C20H17NO.C19H15NO/c27-24-16-20(19-11-5-2-6-12-19)15-23-25(24)21-13-7-8-14-22(21)26(23)17-18-9-3-1-4-10-18;1-3-14-8-10-15(11-9-14)16-12-19-21(20(23)13-16)17-6-4-5-7-18(17)22(19)2;1-2-12-22-18-11-7-6-10-17(18)21-19(22)13-16(14-20(21)23)15-8-4-3-5-9-15;1-21-17-6-4-3-5-16(17)20-18(21)11-14(12-19(20)22)13-7-9-15(23-2)10-8-13;1-13-6-5-7-14(10-13)15-11-18-20(19(22)12-15)16-8-3-4-9-17(16)21(18)2;1-20-16-10-6-5-9-15(16)19-17(20)11-14(12-18(19)21)13-7-3-2-4-8-13/h1-16,27H,17H2;4-13,23H,3H2,1-2H3;2-11,13-14,23H,1,12H2;3-12,22H,1-2H3;3-12,22H,1-2H3;2-12,21H,1H3. The maximum atomic E-state index is 10.9. The highest BCUT2D eigenvalue weighted by atomic mass is 16.5. The Morgan fingerprint density at radius 1 is 0.237 bits per heavy atom. The Morgan fingerprint density at radius 3 is 0.820 bits per heavy atom. The molecule has 0 spiro atoms. The number of aryl methyl sites for hydroxylation is 6. The van der Waals surface area contributed by atoms with Crippen molar-refractivity contribution in [1.82, 2.24) is 27.4 Å². The number of para-hydroxylation sites is 6. The van der Waals surface area contributed by atoms with Crippen molar-refractivity contribution in [2.24, 2.45) is 28.2 Å². The van der Waals surface area contributed by atoms with Gasteiger partial charge in [-0.1, -0.05) is 310 Å². The van der Waals surface area contributed by atoms with Gasteiger partial charge in [0.25, 0.3) is 0 Å². The summed E-state index contributed by atoms with van der Waals surface area (Å²) in [4.78, 5) is 0. The fraction of sp³-hybridized carbons (Fsp3) is 0.0794. The summed E-state index contributed by atoms with van der Waals surface area (Å²) in [7, 11) is 9.82. The van der Waals surface area contributed by atoms with E-state index in [9.17, 15) is 30.6 Å². The molecule has 25 aromatic rings. The maximum absolute atomic E-state index is 10.9. The number of rotatable bonds is 12. The van der Waals surface area contributed by atoms with Crippen molar-refractivity contribution in [3.63, 3.8) is 0 Å². The summed E-state index contributed by atoms with van der Waals surface area (Å²) in [6.07, 6.45) is 2.92. The number of fused-ring (bicyclic) bond motifs is 18. The summed E-state index contributed by atoms with van der Waals surface area (Å²) in [5.74, 6) is 2.80. The molecule has 0 atom stereocenters. The highest BCUT2D eigenvalue weighted by Crippen LogP contribution is 2.46. The summed E-state index contributed by atoms with van der Waals surface area (Å²) in [5.41, 5.74) is 29.6. The number of phenols is 6. The molecule has 0 radical (unpaired) electrons. The first-order valence-corrected chi connectivity index (χ1v) is 46.8. The highest BCUT2D eigenvalue weighted by Gasteiger charge is 2.23. The van der Waals surface area contributed by atoms with Crippen LogP contribution in [-0.4, -0.2) is 65.2 Å². The Bertz CT molecular complexity index is 8740. The number of phenolic OH excluding ortho intramolecular Hbond substituents is 6. The number of aromatic hydroxyl groups is 6. The van der Waals surface area contributed by atoms with Crippen molar-refractivity contribution in [2.75, 3.05) is 7.11 Å². The molecule has 0 aliphatic carbocycles. The SMILES string of the molecule is C=CCn1c2ccccc2c2c(O)cc(-c3ccccc3)cc21.CCc1ccc(-c2cc(O)c3c4ccccc4n(C)c3c2)cc1.COc1ccc(-c2cc(O)c3c4ccccc4n(C)c3c2)cc1.Cc1cccc(-c2cc(O)c3c4ccccc4n(C)c3c2)c1.Cn1c2ccccc2c2c(O)cc(-c3ccccc3)cc21.Oc1cc(-c2ccccc2)cc2c1c1ccccc1n2Cc1ccccc1. The number of allylic oxidation sites excluding steroid dienone is 1. The van der Waals surface area contributed by atoms with Gasteiger partial charge < -0.3 is 62.8 Å². The maximum Gasteiger partial charge on any atom is 0.126 e. The number of aromatic nitrogens is 6. The Morgan fingerprint density at radius 2 is 0.496 bits per heavy atom. The Labute approximate surface area is 805 Å². The first kappa shape index (κ1) is 89.2. The second-order valence-electron chi connectivity index (χ2n) is 35.4. The normalized spacial score (nSPS) is 11.3. The third-order valence-corrected chi connectivity index (χ3v) is 27.0. The van der Waals surface area contributed by atoms with Crippen LogP contribution in [0.25, 0.3) is 198 Å². The molecule has 6 N–H and O–H groups in total. The van der Waals surface area contributed by atoms with Crippen LogP contribution in [0, 0.1) is 6.92 Å². The second kappa shape index (κ2) is 38.4. The van der Waals surface area contributed by atoms with Gasteiger partial charge in [0.2, 0.25) is 0 Å². The van der Waals surface area contributed by atoms with Gasteiger partial charge in [0.05, 0.1) is 40.2 Å². The number of ether oxygens (including phenoxy) is 1. The number of methoxy groups -OCH3 is 1. The lowest BCUT2D eigenvalue weighted by atomic mass is 10.0. The summed E-state index contributed by atoms with van der Waals surface area (Å²) in [6.45, 7) is 9.58. The molecule has 0 fully saturated rings. The summed E-state index contributed by atoms with van der Waals surface area (Å²) >= 11 is 0. The van der Waals surface area contributed by atoms with Crippen LogP contribution in [0.5, 0.6) is 40.2 Å². The average molecular weight is 1810 g/mol. The number of hydrogen-bond donors (Lipinski definition) is 6. The quantitative estimate of drug-likeness (QED) is 0.0664. The van der Waals surface area contributed by atoms with Crippen LogP contribution in [0.15, 0.2) is 425 Å². The summed E-state index contributed by atoms with van der Waals surface area (Å²) < 4.78 is 18.2. The molecule has 0 aliphatic rings. The third-order valence-electron chi connectivity index (χ3n) is 27.0. The smallest absolute Gasteiger partial charge is 0.126 e. The van der Waals surface area contributed by atoms with Gasteiger partial charge in [-0.2, -0.15) is 0 Å². The fourth-order valence-electron chi connectivity index (χ4n) is 20.0. The zero-order chi connectivity index (χ0) is 95.6. The average Bonchev–Trinajstić information content (AvgIpc) is 1.61. The molecular weight excluding hydrogens is 1710 g/mol. The van der Waals surface area contributed by atoms with Crippen LogP contribution in [0.2, 0.25) is 0 Å². The molecule has 0 bridgehead atoms. The molecule has 13 nitrogen and oxygen atoms in total. The summed E-state index contributed by atoms with van der Waals surface area (Å²) in [5, 5.41) is 75.8. The van der Waals surface area contributed by atoms with E-state index >= 15 is 0 Å². The molecule has 0 amide bonds. The van der Waals surface area contributed by atoms with Crippen LogP contribution >= 0.6 is 0 Å². The van der Waals surface area contributed by atoms with Crippen LogP contribution in [-0.2, 0) is 47.7 Å². The fourth-order valence-corrected chi connectivity index (χ4v) is 20.0. The molecule has 680 valence electrons. The van der Waals surface area contributed by atoms with E-state index < -0.39 is 0 Å². The second-order valence-corrected chi connectivity index (χ2v) is 35.4. The molecular formula is C126H104N6O7. The van der Waals surface area contributed by atoms with Gasteiger partial charge >= 0.3 is 0 Å². The topological polar surface area (TPSA) is 160 Å². The van der Waals surface area contributed by atoms with Gasteiger partial charge in [-0.15, -0.1) is 6.58 Å². The lowest BCUT2D eigenvalue weighted by Crippen LogP contribution is -1.99. The van der Waals surface area contributed by atoms with E-state index in [1.165, 1.54) is 16.7 Å². The van der Waals surface area contributed by atoms with Gasteiger partial charge in [0.15, 0.2) is 0 Å². The lowest BCUT2D eigenvalue weighted by Gasteiger charge is -2.10. The van der Waals surface area contributed by atoms with Crippen molar-refractivity contribution in [3.05, 3.63) is 442 Å². The zero-order valence-electron chi connectivity index (χ0n) is 78.4. The summed E-state index contributed by atoms with van der Waals surface area (Å²) in [6, 6.07) is 139. The van der Waals surface area contributed by atoms with E-state index in [0.29, 0.717) is 41.0 Å². The molecule has 0 saturated carbocycles. The van der Waals surface area contributed by atoms with Crippen LogP contribution in [0.3, 0.4) is 0 Å². The van der Waals surface area contributed by atoms with E-state index in [1.807, 2.05) is 234 Å². The minimum atomic E-state index is 0.310. The van der Waals surface area contributed by atoms with Crippen LogP contribution in [0.4, 0.5) is 0 Å². The van der Waals surface area contributed by atoms with Crippen molar-refractivity contribution in [2.45, 2.75) is 33.4 Å². The first-order valence-electron chi connectivity index (χ1n) is 46.8. The van der Waals surface area contributed by atoms with E-state index in [1.54, 1.807) is 7.11 Å². The first-order chi connectivity index (χ1) is 67.9. The van der Waals surface area contributed by atoms with E-state index in [4.69, 9.17) is 4.74 Å². The molecule has 139 heavy (non-hydrogen) atoms. The highest BCUT2D eigenvalue weighted by molar-refractivity contribution is 6.18. The monoisotopic (exact) mass is 1810 g/mol. The largest absolute Gasteiger partial charge is 0.507 e. The predicted octanol–water partition coefficient (Wildman–Crippen LogP) is 31.3. The molecule has 25 rings (SSSR count).